The first-order valence-electron chi connectivity index (χ1n) is 5.92. The number of nitrogens with zero attached hydrogens (tertiary/aromatic N) is 3. The van der Waals surface area contributed by atoms with Crippen LogP contribution in [-0.2, 0) is 0 Å². The molecular formula is C14H18N4. The summed E-state index contributed by atoms with van der Waals surface area (Å²) < 4.78 is 0. The van der Waals surface area contributed by atoms with E-state index >= 15 is 0 Å². The Kier molecular flexibility index (Phi) is 3.46. The smallest absolute Gasteiger partial charge is 0.138 e. The molecule has 4 heteroatoms. The van der Waals surface area contributed by atoms with Gasteiger partial charge in [0.25, 0.3) is 0 Å². The van der Waals surface area contributed by atoms with Crippen molar-refractivity contribution in [2.75, 3.05) is 24.3 Å². The zero-order chi connectivity index (χ0) is 13.1. The second kappa shape index (κ2) is 5.04. The lowest BCUT2D eigenvalue weighted by atomic mass is 10.1. The van der Waals surface area contributed by atoms with Gasteiger partial charge in [-0.15, -0.1) is 0 Å². The van der Waals surface area contributed by atoms with E-state index in [1.165, 1.54) is 11.1 Å². The van der Waals surface area contributed by atoms with Gasteiger partial charge < -0.3 is 10.2 Å². The van der Waals surface area contributed by atoms with Gasteiger partial charge in [-0.25, -0.2) is 9.97 Å². The number of hydrogen-bond donors (Lipinski definition) is 1. The summed E-state index contributed by atoms with van der Waals surface area (Å²) in [6.45, 7) is 4.20. The van der Waals surface area contributed by atoms with Crippen LogP contribution in [0.1, 0.15) is 11.1 Å². The molecular weight excluding hydrogens is 224 g/mol. The summed E-state index contributed by atoms with van der Waals surface area (Å²) in [6.07, 6.45) is 1.57. The van der Waals surface area contributed by atoms with Gasteiger partial charge in [0, 0.05) is 25.8 Å². The molecule has 0 spiro atoms. The summed E-state index contributed by atoms with van der Waals surface area (Å²) in [5, 5.41) is 3.02. The van der Waals surface area contributed by atoms with Gasteiger partial charge in [-0.05, 0) is 37.1 Å². The van der Waals surface area contributed by atoms with Crippen molar-refractivity contribution < 1.29 is 0 Å². The monoisotopic (exact) mass is 242 g/mol. The fraction of sp³-hybridized carbons (Fsp3) is 0.286. The average molecular weight is 242 g/mol. The molecule has 0 aliphatic heterocycles. The highest BCUT2D eigenvalue weighted by atomic mass is 15.2. The van der Waals surface area contributed by atoms with Crippen LogP contribution in [0.3, 0.4) is 0 Å². The number of aromatic nitrogens is 2. The van der Waals surface area contributed by atoms with Crippen molar-refractivity contribution in [2.45, 2.75) is 13.8 Å². The zero-order valence-electron chi connectivity index (χ0n) is 11.2. The summed E-state index contributed by atoms with van der Waals surface area (Å²) in [5.74, 6) is 1.69. The lowest BCUT2D eigenvalue weighted by Crippen LogP contribution is -2.12. The van der Waals surface area contributed by atoms with E-state index in [2.05, 4.69) is 52.2 Å². The van der Waals surface area contributed by atoms with Crippen molar-refractivity contribution in [3.05, 3.63) is 41.7 Å². The Balaban J connectivity index is 2.37. The Labute approximate surface area is 108 Å². The molecule has 0 fully saturated rings. The average Bonchev–Trinajstić information content (AvgIpc) is 2.37. The van der Waals surface area contributed by atoms with E-state index in [9.17, 15) is 0 Å². The van der Waals surface area contributed by atoms with Gasteiger partial charge in [-0.1, -0.05) is 6.07 Å². The van der Waals surface area contributed by atoms with Gasteiger partial charge >= 0.3 is 0 Å². The van der Waals surface area contributed by atoms with Gasteiger partial charge in [0.05, 0.1) is 0 Å². The van der Waals surface area contributed by atoms with E-state index in [1.807, 2.05) is 20.2 Å². The van der Waals surface area contributed by atoms with Gasteiger partial charge in [0.15, 0.2) is 0 Å². The Hall–Kier alpha value is -2.10. The Morgan fingerprint density at radius 2 is 1.67 bits per heavy atom. The van der Waals surface area contributed by atoms with Crippen LogP contribution in [0.2, 0.25) is 0 Å². The lowest BCUT2D eigenvalue weighted by molar-refractivity contribution is 1.07. The number of rotatable bonds is 3. The van der Waals surface area contributed by atoms with E-state index < -0.39 is 0 Å². The fourth-order valence-electron chi connectivity index (χ4n) is 1.94. The normalized spacial score (nSPS) is 10.2. The number of aryl methyl sites for hydroxylation is 2. The topological polar surface area (TPSA) is 41.0 Å². The quantitative estimate of drug-likeness (QED) is 0.898. The van der Waals surface area contributed by atoms with Gasteiger partial charge in [0.1, 0.15) is 18.0 Å². The van der Waals surface area contributed by atoms with Crippen LogP contribution in [-0.4, -0.2) is 24.1 Å². The van der Waals surface area contributed by atoms with Crippen LogP contribution in [0.5, 0.6) is 0 Å². The molecule has 0 atom stereocenters. The van der Waals surface area contributed by atoms with Crippen molar-refractivity contribution >= 4 is 17.3 Å². The highest BCUT2D eigenvalue weighted by molar-refractivity contribution is 5.62. The predicted molar refractivity (Wildman–Crippen MR) is 75.6 cm³/mol. The summed E-state index contributed by atoms with van der Waals surface area (Å²) in [4.78, 5) is 10.5. The van der Waals surface area contributed by atoms with Crippen LogP contribution in [0.25, 0.3) is 0 Å². The Bertz CT molecular complexity index is 531. The largest absolute Gasteiger partial charge is 0.373 e. The molecule has 1 aromatic heterocycles. The molecule has 1 N–H and O–H groups in total. The van der Waals surface area contributed by atoms with Crippen LogP contribution >= 0.6 is 0 Å². The third-order valence-electron chi connectivity index (χ3n) is 2.85. The summed E-state index contributed by atoms with van der Waals surface area (Å²) in [7, 11) is 3.86. The zero-order valence-corrected chi connectivity index (χ0v) is 11.2. The predicted octanol–water partition coefficient (Wildman–Crippen LogP) is 2.90. The van der Waals surface area contributed by atoms with Crippen LogP contribution in [0, 0.1) is 13.8 Å². The minimum atomic E-state index is 0.816. The molecule has 0 saturated heterocycles. The van der Waals surface area contributed by atoms with Crippen molar-refractivity contribution in [2.24, 2.45) is 0 Å². The van der Waals surface area contributed by atoms with Crippen LogP contribution in [0.15, 0.2) is 30.6 Å². The van der Waals surface area contributed by atoms with Gasteiger partial charge in [-0.3, -0.25) is 0 Å². The van der Waals surface area contributed by atoms with E-state index in [4.69, 9.17) is 0 Å². The minimum Gasteiger partial charge on any atom is -0.373 e. The highest BCUT2D eigenvalue weighted by Gasteiger charge is 2.07. The van der Waals surface area contributed by atoms with Gasteiger partial charge in [-0.2, -0.15) is 0 Å². The molecule has 2 rings (SSSR count). The van der Waals surface area contributed by atoms with Crippen molar-refractivity contribution in [1.29, 1.82) is 0 Å². The summed E-state index contributed by atoms with van der Waals surface area (Å²) in [6, 6.07) is 8.39. The second-order valence-electron chi connectivity index (χ2n) is 4.42. The number of anilines is 3. The number of benzene rings is 1. The van der Waals surface area contributed by atoms with Crippen LogP contribution in [0.4, 0.5) is 17.3 Å². The molecule has 1 heterocycles. The standard InChI is InChI=1S/C14H18N4/c1-10-5-11(2)7-12(6-10)18(4)14-8-13(15-3)16-9-17-14/h5-9H,1-4H3,(H,15,16,17). The number of nitrogens with one attached hydrogen (secondary N) is 1. The molecule has 0 aliphatic rings. The van der Waals surface area contributed by atoms with Crippen molar-refractivity contribution in [3.63, 3.8) is 0 Å². The third kappa shape index (κ3) is 2.59. The molecule has 1 aromatic carbocycles. The maximum absolute atomic E-state index is 4.30. The molecule has 0 unspecified atom stereocenters. The molecule has 94 valence electrons. The van der Waals surface area contributed by atoms with E-state index in [-0.39, 0.29) is 0 Å². The summed E-state index contributed by atoms with van der Waals surface area (Å²) in [5.41, 5.74) is 3.63. The highest BCUT2D eigenvalue weighted by Crippen LogP contribution is 2.24. The molecule has 0 aliphatic carbocycles. The first-order chi connectivity index (χ1) is 8.60. The van der Waals surface area contributed by atoms with Crippen molar-refractivity contribution in [3.8, 4) is 0 Å². The number of hydrogen-bond acceptors (Lipinski definition) is 4. The maximum Gasteiger partial charge on any atom is 0.138 e. The first-order valence-corrected chi connectivity index (χ1v) is 5.92. The molecule has 0 saturated carbocycles. The molecule has 0 radical (unpaired) electrons. The van der Waals surface area contributed by atoms with E-state index in [0.29, 0.717) is 0 Å². The molecule has 2 aromatic rings. The Morgan fingerprint density at radius 3 is 2.28 bits per heavy atom. The van der Waals surface area contributed by atoms with E-state index in [0.717, 1.165) is 17.3 Å². The molecule has 0 bridgehead atoms. The molecule has 4 nitrogen and oxygen atoms in total. The lowest BCUT2D eigenvalue weighted by Gasteiger charge is -2.19. The van der Waals surface area contributed by atoms with Gasteiger partial charge in [0.2, 0.25) is 0 Å². The van der Waals surface area contributed by atoms with Crippen LogP contribution < -0.4 is 10.2 Å². The second-order valence-corrected chi connectivity index (χ2v) is 4.42. The molecule has 18 heavy (non-hydrogen) atoms. The SMILES string of the molecule is CNc1cc(N(C)c2cc(C)cc(C)c2)ncn1. The first kappa shape index (κ1) is 12.4. The Morgan fingerprint density at radius 1 is 1.00 bits per heavy atom. The maximum atomic E-state index is 4.30. The summed E-state index contributed by atoms with van der Waals surface area (Å²) >= 11 is 0. The fourth-order valence-corrected chi connectivity index (χ4v) is 1.94. The van der Waals surface area contributed by atoms with Crippen molar-refractivity contribution in [1.82, 2.24) is 9.97 Å². The van der Waals surface area contributed by atoms with E-state index in [1.54, 1.807) is 6.33 Å². The minimum absolute atomic E-state index is 0.816. The third-order valence-corrected chi connectivity index (χ3v) is 2.85. The molecule has 0 amide bonds.